The molecule has 3 aromatic rings. The topological polar surface area (TPSA) is 17.1 Å². The molecule has 0 heterocycles. The minimum Gasteiger partial charge on any atom is -0.288 e. The van der Waals surface area contributed by atoms with Gasteiger partial charge in [-0.1, -0.05) is 69.3 Å². The van der Waals surface area contributed by atoms with E-state index in [1.807, 2.05) is 12.1 Å². The van der Waals surface area contributed by atoms with E-state index in [2.05, 4.69) is 32.9 Å². The Bertz CT molecular complexity index is 1000. The number of ketones is 1. The van der Waals surface area contributed by atoms with Crippen LogP contribution in [0.15, 0.2) is 54.6 Å². The van der Waals surface area contributed by atoms with E-state index in [4.69, 9.17) is 0 Å². The molecule has 0 aliphatic heterocycles. The molecule has 0 fully saturated rings. The van der Waals surface area contributed by atoms with Crippen LogP contribution in [0, 0.1) is 24.4 Å². The van der Waals surface area contributed by atoms with Gasteiger partial charge in [0, 0.05) is 5.56 Å². The SMILES string of the molecule is Cc1cc(F)c(F)c(C(=O)c2ccc(-c3ccc(C(C)(C)C)cc3)cc2)c1F. The van der Waals surface area contributed by atoms with Crippen molar-refractivity contribution in [3.63, 3.8) is 0 Å². The van der Waals surface area contributed by atoms with Gasteiger partial charge in [0.1, 0.15) is 5.82 Å². The summed E-state index contributed by atoms with van der Waals surface area (Å²) in [6, 6.07) is 15.2. The number of rotatable bonds is 3. The third-order valence-corrected chi connectivity index (χ3v) is 4.80. The molecule has 0 amide bonds. The summed E-state index contributed by atoms with van der Waals surface area (Å²) in [5, 5.41) is 0. The number of hydrogen-bond acceptors (Lipinski definition) is 1. The molecular formula is C24H21F3O. The highest BCUT2D eigenvalue weighted by Gasteiger charge is 2.24. The minimum atomic E-state index is -1.46. The summed E-state index contributed by atoms with van der Waals surface area (Å²) >= 11 is 0. The zero-order valence-electron chi connectivity index (χ0n) is 16.2. The lowest BCUT2D eigenvalue weighted by atomic mass is 9.86. The molecule has 4 heteroatoms. The van der Waals surface area contributed by atoms with Crippen molar-refractivity contribution in [3.8, 4) is 11.1 Å². The van der Waals surface area contributed by atoms with Crippen LogP contribution in [0.3, 0.4) is 0 Å². The molecule has 144 valence electrons. The lowest BCUT2D eigenvalue weighted by Crippen LogP contribution is -2.11. The van der Waals surface area contributed by atoms with Gasteiger partial charge in [0.15, 0.2) is 17.4 Å². The summed E-state index contributed by atoms with van der Waals surface area (Å²) in [5.74, 6) is -4.62. The number of hydrogen-bond donors (Lipinski definition) is 0. The fourth-order valence-corrected chi connectivity index (χ4v) is 3.05. The number of carbonyl (C=O) groups excluding carboxylic acids is 1. The first kappa shape index (κ1) is 19.9. The van der Waals surface area contributed by atoms with E-state index in [9.17, 15) is 18.0 Å². The first-order valence-electron chi connectivity index (χ1n) is 8.99. The average molecular weight is 382 g/mol. The van der Waals surface area contributed by atoms with E-state index in [0.717, 1.165) is 17.2 Å². The molecule has 3 rings (SSSR count). The smallest absolute Gasteiger partial charge is 0.199 e. The number of benzene rings is 3. The molecule has 0 saturated heterocycles. The van der Waals surface area contributed by atoms with Gasteiger partial charge < -0.3 is 0 Å². The van der Waals surface area contributed by atoms with E-state index in [0.29, 0.717) is 0 Å². The first-order chi connectivity index (χ1) is 13.1. The van der Waals surface area contributed by atoms with Crippen LogP contribution >= 0.6 is 0 Å². The summed E-state index contributed by atoms with van der Waals surface area (Å²) in [7, 11) is 0. The molecule has 0 saturated carbocycles. The maximum Gasteiger partial charge on any atom is 0.199 e. The Balaban J connectivity index is 1.92. The zero-order chi connectivity index (χ0) is 20.6. The number of carbonyl (C=O) groups is 1. The number of halogens is 3. The molecule has 0 aliphatic rings. The molecule has 0 bridgehead atoms. The van der Waals surface area contributed by atoms with Crippen molar-refractivity contribution in [1.29, 1.82) is 0 Å². The standard InChI is InChI=1S/C24H21F3O/c1-14-13-19(25)22(27)20(21(14)26)23(28)17-7-5-15(6-8-17)16-9-11-18(12-10-16)24(2,3)4/h5-13H,1-4H3. The van der Waals surface area contributed by atoms with Crippen molar-refractivity contribution in [2.75, 3.05) is 0 Å². The molecule has 0 aromatic heterocycles. The van der Waals surface area contributed by atoms with Crippen LogP contribution in [0.4, 0.5) is 13.2 Å². The van der Waals surface area contributed by atoms with Gasteiger partial charge in [0.05, 0.1) is 5.56 Å². The highest BCUT2D eigenvalue weighted by atomic mass is 19.2. The summed E-state index contributed by atoms with van der Waals surface area (Å²) in [6.07, 6.45) is 0. The van der Waals surface area contributed by atoms with E-state index < -0.39 is 28.8 Å². The predicted molar refractivity (Wildman–Crippen MR) is 105 cm³/mol. The van der Waals surface area contributed by atoms with E-state index >= 15 is 0 Å². The van der Waals surface area contributed by atoms with E-state index in [-0.39, 0.29) is 16.5 Å². The highest BCUT2D eigenvalue weighted by Crippen LogP contribution is 2.27. The Kier molecular flexibility index (Phi) is 5.16. The monoisotopic (exact) mass is 382 g/mol. The van der Waals surface area contributed by atoms with Gasteiger partial charge in [-0.15, -0.1) is 0 Å². The van der Waals surface area contributed by atoms with Crippen molar-refractivity contribution in [2.24, 2.45) is 0 Å². The van der Waals surface area contributed by atoms with Crippen molar-refractivity contribution in [3.05, 3.63) is 94.3 Å². The van der Waals surface area contributed by atoms with Crippen molar-refractivity contribution in [2.45, 2.75) is 33.1 Å². The fourth-order valence-electron chi connectivity index (χ4n) is 3.05. The maximum absolute atomic E-state index is 14.2. The van der Waals surface area contributed by atoms with Crippen LogP contribution in [0.5, 0.6) is 0 Å². The van der Waals surface area contributed by atoms with Gasteiger partial charge in [0.25, 0.3) is 0 Å². The lowest BCUT2D eigenvalue weighted by Gasteiger charge is -2.19. The number of aryl methyl sites for hydroxylation is 1. The zero-order valence-corrected chi connectivity index (χ0v) is 16.2. The van der Waals surface area contributed by atoms with Crippen LogP contribution < -0.4 is 0 Å². The van der Waals surface area contributed by atoms with Crippen LogP contribution in [0.2, 0.25) is 0 Å². The molecule has 0 aliphatic carbocycles. The van der Waals surface area contributed by atoms with Crippen molar-refractivity contribution >= 4 is 5.78 Å². The van der Waals surface area contributed by atoms with Gasteiger partial charge in [-0.2, -0.15) is 0 Å². The molecule has 1 nitrogen and oxygen atoms in total. The third-order valence-electron chi connectivity index (χ3n) is 4.80. The summed E-state index contributed by atoms with van der Waals surface area (Å²) < 4.78 is 41.9. The molecule has 0 N–H and O–H groups in total. The second-order valence-corrected chi connectivity index (χ2v) is 7.91. The van der Waals surface area contributed by atoms with Crippen molar-refractivity contribution in [1.82, 2.24) is 0 Å². The second kappa shape index (κ2) is 7.27. The molecular weight excluding hydrogens is 361 g/mol. The van der Waals surface area contributed by atoms with Gasteiger partial charge in [-0.3, -0.25) is 4.79 Å². The second-order valence-electron chi connectivity index (χ2n) is 7.91. The van der Waals surface area contributed by atoms with Gasteiger partial charge >= 0.3 is 0 Å². The van der Waals surface area contributed by atoms with Gasteiger partial charge in [-0.25, -0.2) is 13.2 Å². The van der Waals surface area contributed by atoms with Crippen LogP contribution in [-0.4, -0.2) is 5.78 Å². The van der Waals surface area contributed by atoms with Crippen molar-refractivity contribution < 1.29 is 18.0 Å². The molecule has 0 unspecified atom stereocenters. The van der Waals surface area contributed by atoms with E-state index in [1.54, 1.807) is 12.1 Å². The van der Waals surface area contributed by atoms with Gasteiger partial charge in [0.2, 0.25) is 0 Å². The summed E-state index contributed by atoms with van der Waals surface area (Å²) in [6.45, 7) is 7.69. The maximum atomic E-state index is 14.2. The Morgan fingerprint density at radius 3 is 1.79 bits per heavy atom. The van der Waals surface area contributed by atoms with Crippen LogP contribution in [0.25, 0.3) is 11.1 Å². The largest absolute Gasteiger partial charge is 0.288 e. The summed E-state index contributed by atoms with van der Waals surface area (Å²) in [5.41, 5.74) is 2.21. The minimum absolute atomic E-state index is 0.0477. The molecule has 0 radical (unpaired) electrons. The predicted octanol–water partition coefficient (Wildman–Crippen LogP) is 6.61. The Morgan fingerprint density at radius 1 is 0.786 bits per heavy atom. The Morgan fingerprint density at radius 2 is 1.29 bits per heavy atom. The quantitative estimate of drug-likeness (QED) is 0.368. The van der Waals surface area contributed by atoms with Crippen LogP contribution in [0.1, 0.15) is 47.8 Å². The Hall–Kier alpha value is -2.88. The molecule has 3 aromatic carbocycles. The lowest BCUT2D eigenvalue weighted by molar-refractivity contribution is 0.102. The third kappa shape index (κ3) is 3.72. The average Bonchev–Trinajstić information content (AvgIpc) is 2.66. The van der Waals surface area contributed by atoms with E-state index in [1.165, 1.54) is 24.6 Å². The van der Waals surface area contributed by atoms with Gasteiger partial charge in [-0.05, 0) is 40.7 Å². The van der Waals surface area contributed by atoms with Crippen LogP contribution in [-0.2, 0) is 5.41 Å². The fraction of sp³-hybridized carbons (Fsp3) is 0.208. The molecule has 28 heavy (non-hydrogen) atoms. The highest BCUT2D eigenvalue weighted by molar-refractivity contribution is 6.09. The molecule has 0 spiro atoms. The normalized spacial score (nSPS) is 11.5. The molecule has 0 atom stereocenters. The summed E-state index contributed by atoms with van der Waals surface area (Å²) in [4.78, 5) is 12.5. The first-order valence-corrected chi connectivity index (χ1v) is 8.99. The Labute approximate surface area is 162 Å².